The maximum absolute atomic E-state index is 12.1. The average Bonchev–Trinajstić information content (AvgIpc) is 2.19. The number of aromatic nitrogens is 1. The number of hydrogen-bond donors (Lipinski definition) is 0. The lowest BCUT2D eigenvalue weighted by Gasteiger charge is -2.33. The summed E-state index contributed by atoms with van der Waals surface area (Å²) in [6, 6.07) is 1.94. The molecule has 0 radical (unpaired) electrons. The highest BCUT2D eigenvalue weighted by Gasteiger charge is 2.18. The van der Waals surface area contributed by atoms with Crippen LogP contribution in [-0.4, -0.2) is 17.7 Å². The zero-order valence-corrected chi connectivity index (χ0v) is 10.8. The number of nitriles is 1. The maximum atomic E-state index is 12.1. The third-order valence-corrected chi connectivity index (χ3v) is 3.53. The van der Waals surface area contributed by atoms with Gasteiger partial charge in [-0.05, 0) is 38.1 Å². The van der Waals surface area contributed by atoms with Gasteiger partial charge in [0.25, 0.3) is 5.56 Å². The van der Waals surface area contributed by atoms with Gasteiger partial charge in [-0.2, -0.15) is 5.26 Å². The monoisotopic (exact) mass is 249 g/mol. The lowest BCUT2D eigenvalue weighted by atomic mass is 10.2. The van der Waals surface area contributed by atoms with Crippen molar-refractivity contribution in [1.82, 2.24) is 4.57 Å². The van der Waals surface area contributed by atoms with Gasteiger partial charge in [-0.3, -0.25) is 4.79 Å². The van der Waals surface area contributed by atoms with Gasteiger partial charge in [-0.15, -0.1) is 0 Å². The van der Waals surface area contributed by atoms with Gasteiger partial charge in [0, 0.05) is 25.3 Å². The Morgan fingerprint density at radius 1 is 1.47 bits per heavy atom. The number of thioether (sulfide) groups is 1. The number of anilines is 1. The summed E-state index contributed by atoms with van der Waals surface area (Å²) in [5.74, 6) is 0. The van der Waals surface area contributed by atoms with Gasteiger partial charge in [-0.25, -0.2) is 0 Å². The molecule has 0 spiro atoms. The van der Waals surface area contributed by atoms with Crippen molar-refractivity contribution in [3.05, 3.63) is 22.6 Å². The zero-order valence-electron chi connectivity index (χ0n) is 10.0. The second-order valence-corrected chi connectivity index (χ2v) is 5.23. The third kappa shape index (κ3) is 2.32. The Balaban J connectivity index is 2.48. The molecule has 1 aromatic heterocycles. The molecule has 0 saturated carbocycles. The van der Waals surface area contributed by atoms with Crippen LogP contribution in [0.2, 0.25) is 0 Å². The van der Waals surface area contributed by atoms with Crippen LogP contribution in [0.15, 0.2) is 22.0 Å². The van der Waals surface area contributed by atoms with E-state index in [1.165, 1.54) is 6.42 Å². The fraction of sp³-hybridized carbons (Fsp3) is 0.500. The summed E-state index contributed by atoms with van der Waals surface area (Å²) in [5.41, 5.74) is 0.970. The van der Waals surface area contributed by atoms with Crippen molar-refractivity contribution in [1.29, 1.82) is 5.26 Å². The number of pyridine rings is 1. The lowest BCUT2D eigenvalue weighted by Crippen LogP contribution is -2.38. The van der Waals surface area contributed by atoms with E-state index in [1.54, 1.807) is 4.57 Å². The molecule has 5 heteroatoms. The molecule has 0 aromatic carbocycles. The van der Waals surface area contributed by atoms with Gasteiger partial charge in [0.1, 0.15) is 5.40 Å². The van der Waals surface area contributed by atoms with Crippen LogP contribution in [0.3, 0.4) is 0 Å². The summed E-state index contributed by atoms with van der Waals surface area (Å²) in [6.07, 6.45) is 3.09. The van der Waals surface area contributed by atoms with E-state index in [-0.39, 0.29) is 11.6 Å². The molecule has 17 heavy (non-hydrogen) atoms. The Kier molecular flexibility index (Phi) is 3.43. The van der Waals surface area contributed by atoms with E-state index in [1.807, 2.05) is 31.5 Å². The predicted octanol–water partition coefficient (Wildman–Crippen LogP) is 2.21. The van der Waals surface area contributed by atoms with E-state index in [2.05, 4.69) is 4.90 Å². The largest absolute Gasteiger partial charge is 0.370 e. The van der Waals surface area contributed by atoms with Crippen molar-refractivity contribution in [2.45, 2.75) is 31.2 Å². The summed E-state index contributed by atoms with van der Waals surface area (Å²) in [7, 11) is 0. The number of thiocyanates is 1. The van der Waals surface area contributed by atoms with Crippen LogP contribution in [0.4, 0.5) is 5.69 Å². The number of rotatable bonds is 3. The molecule has 1 fully saturated rings. The minimum Gasteiger partial charge on any atom is -0.370 e. The highest BCUT2D eigenvalue weighted by atomic mass is 32.2. The summed E-state index contributed by atoms with van der Waals surface area (Å²) in [4.78, 5) is 14.8. The fourth-order valence-corrected chi connectivity index (χ4v) is 2.29. The average molecular weight is 249 g/mol. The van der Waals surface area contributed by atoms with Crippen LogP contribution in [0.1, 0.15) is 26.3 Å². The first-order valence-corrected chi connectivity index (χ1v) is 6.52. The molecule has 0 atom stereocenters. The van der Waals surface area contributed by atoms with Crippen molar-refractivity contribution in [2.24, 2.45) is 0 Å². The number of nitrogens with zero attached hydrogens (tertiary/aromatic N) is 3. The van der Waals surface area contributed by atoms with E-state index in [4.69, 9.17) is 5.26 Å². The molecule has 2 heterocycles. The fourth-order valence-electron chi connectivity index (χ4n) is 1.81. The molecule has 1 aromatic rings. The second-order valence-electron chi connectivity index (χ2n) is 4.40. The standard InChI is InChI=1S/C12H15N3OS/c1-9(2)15-7-10(14-4-3-5-14)6-11(12(15)16)17-8-13/h6-7,9H,3-5H2,1-2H3. The molecule has 0 unspecified atom stereocenters. The van der Waals surface area contributed by atoms with Gasteiger partial charge in [0.05, 0.1) is 10.6 Å². The van der Waals surface area contributed by atoms with Crippen molar-refractivity contribution >= 4 is 17.4 Å². The molecule has 1 aliphatic heterocycles. The molecule has 1 saturated heterocycles. The van der Waals surface area contributed by atoms with E-state index >= 15 is 0 Å². The van der Waals surface area contributed by atoms with Gasteiger partial charge >= 0.3 is 0 Å². The highest BCUT2D eigenvalue weighted by Crippen LogP contribution is 2.24. The lowest BCUT2D eigenvalue weighted by molar-refractivity contribution is 0.558. The van der Waals surface area contributed by atoms with Crippen LogP contribution in [0, 0.1) is 10.7 Å². The summed E-state index contributed by atoms with van der Waals surface area (Å²) in [6.45, 7) is 6.02. The Hall–Kier alpha value is -1.41. The Labute approximate surface area is 105 Å². The third-order valence-electron chi connectivity index (χ3n) is 2.93. The summed E-state index contributed by atoms with van der Waals surface area (Å²) < 4.78 is 1.70. The molecular weight excluding hydrogens is 234 g/mol. The SMILES string of the molecule is CC(C)n1cc(N2CCC2)cc(SC#N)c1=O. The molecule has 1 aliphatic rings. The topological polar surface area (TPSA) is 49.0 Å². The van der Waals surface area contributed by atoms with E-state index in [9.17, 15) is 4.79 Å². The first kappa shape index (κ1) is 12.1. The molecule has 0 bridgehead atoms. The van der Waals surface area contributed by atoms with E-state index in [0.29, 0.717) is 4.90 Å². The minimum atomic E-state index is -0.0733. The van der Waals surface area contributed by atoms with Crippen molar-refractivity contribution in [3.8, 4) is 5.40 Å². The molecule has 90 valence electrons. The zero-order chi connectivity index (χ0) is 12.4. The van der Waals surface area contributed by atoms with Crippen LogP contribution < -0.4 is 10.5 Å². The molecule has 2 rings (SSSR count). The van der Waals surface area contributed by atoms with Crippen molar-refractivity contribution in [2.75, 3.05) is 18.0 Å². The minimum absolute atomic E-state index is 0.0733. The van der Waals surface area contributed by atoms with Crippen LogP contribution >= 0.6 is 11.8 Å². The van der Waals surface area contributed by atoms with Crippen molar-refractivity contribution in [3.63, 3.8) is 0 Å². The first-order chi connectivity index (χ1) is 8.13. The molecule has 0 amide bonds. The van der Waals surface area contributed by atoms with Crippen molar-refractivity contribution < 1.29 is 0 Å². The second kappa shape index (κ2) is 4.84. The Bertz CT molecular complexity index is 511. The van der Waals surface area contributed by atoms with Crippen LogP contribution in [-0.2, 0) is 0 Å². The smallest absolute Gasteiger partial charge is 0.265 e. The van der Waals surface area contributed by atoms with Gasteiger partial charge in [-0.1, -0.05) is 0 Å². The normalized spacial score (nSPS) is 14.6. The van der Waals surface area contributed by atoms with E-state index < -0.39 is 0 Å². The number of hydrogen-bond acceptors (Lipinski definition) is 4. The predicted molar refractivity (Wildman–Crippen MR) is 69.4 cm³/mol. The summed E-state index contributed by atoms with van der Waals surface area (Å²) in [5, 5.41) is 10.7. The molecule has 0 N–H and O–H groups in total. The van der Waals surface area contributed by atoms with Crippen LogP contribution in [0.25, 0.3) is 0 Å². The quantitative estimate of drug-likeness (QED) is 0.609. The highest BCUT2D eigenvalue weighted by molar-refractivity contribution is 8.03. The van der Waals surface area contributed by atoms with E-state index in [0.717, 1.165) is 30.5 Å². The summed E-state index contributed by atoms with van der Waals surface area (Å²) >= 11 is 0.945. The molecule has 4 nitrogen and oxygen atoms in total. The van der Waals surface area contributed by atoms with Gasteiger partial charge < -0.3 is 9.47 Å². The molecule has 0 aliphatic carbocycles. The Morgan fingerprint density at radius 2 is 2.18 bits per heavy atom. The molecular formula is C12H15N3OS. The maximum Gasteiger partial charge on any atom is 0.265 e. The Morgan fingerprint density at radius 3 is 2.65 bits per heavy atom. The van der Waals surface area contributed by atoms with Gasteiger partial charge in [0.2, 0.25) is 0 Å². The van der Waals surface area contributed by atoms with Crippen LogP contribution in [0.5, 0.6) is 0 Å². The first-order valence-electron chi connectivity index (χ1n) is 5.70. The van der Waals surface area contributed by atoms with Gasteiger partial charge in [0.15, 0.2) is 0 Å².